The Balaban J connectivity index is 1.47. The van der Waals surface area contributed by atoms with Gasteiger partial charge >= 0.3 is 12.1 Å². The molecule has 3 heterocycles. The van der Waals surface area contributed by atoms with Gasteiger partial charge in [0, 0.05) is 57.1 Å². The maximum absolute atomic E-state index is 13.4. The van der Waals surface area contributed by atoms with Gasteiger partial charge in [-0.25, -0.2) is 9.78 Å². The van der Waals surface area contributed by atoms with Gasteiger partial charge in [0.1, 0.15) is 17.5 Å². The fourth-order valence-electron chi connectivity index (χ4n) is 5.03. The average molecular weight is 600 g/mol. The summed E-state index contributed by atoms with van der Waals surface area (Å²) in [6, 6.07) is 7.18. The van der Waals surface area contributed by atoms with Crippen LogP contribution in [-0.2, 0) is 19.1 Å². The molecule has 2 fully saturated rings. The lowest BCUT2D eigenvalue weighted by Gasteiger charge is -2.35. The van der Waals surface area contributed by atoms with Crippen LogP contribution in [0.1, 0.15) is 43.1 Å². The minimum absolute atomic E-state index is 0.0671. The topological polar surface area (TPSA) is 179 Å². The van der Waals surface area contributed by atoms with Crippen LogP contribution >= 0.6 is 0 Å². The molecule has 14 heteroatoms. The molecule has 2 saturated heterocycles. The number of piperidine rings is 1. The van der Waals surface area contributed by atoms with Gasteiger partial charge < -0.3 is 39.7 Å². The first-order chi connectivity index (χ1) is 20.7. The first-order valence-electron chi connectivity index (χ1n) is 14.4. The van der Waals surface area contributed by atoms with Crippen molar-refractivity contribution in [1.29, 1.82) is 0 Å². The fraction of sp³-hybridized carbons (Fsp3) is 0.517. The van der Waals surface area contributed by atoms with Crippen LogP contribution in [0.2, 0.25) is 0 Å². The van der Waals surface area contributed by atoms with E-state index in [0.29, 0.717) is 36.8 Å². The van der Waals surface area contributed by atoms with Gasteiger partial charge in [0.15, 0.2) is 6.61 Å². The van der Waals surface area contributed by atoms with Gasteiger partial charge in [-0.3, -0.25) is 19.2 Å². The number of carbonyl (C=O) groups is 5. The number of aliphatic hydroxyl groups excluding tert-OH is 1. The lowest BCUT2D eigenvalue weighted by molar-refractivity contribution is -0.138. The van der Waals surface area contributed by atoms with Crippen molar-refractivity contribution in [2.45, 2.75) is 44.8 Å². The molecular weight excluding hydrogens is 562 g/mol. The summed E-state index contributed by atoms with van der Waals surface area (Å²) in [6.45, 7) is 3.41. The number of amides is 4. The van der Waals surface area contributed by atoms with Gasteiger partial charge in [-0.15, -0.1) is 0 Å². The highest BCUT2D eigenvalue weighted by molar-refractivity contribution is 5.99. The molecule has 0 spiro atoms. The molecule has 232 valence electrons. The molecule has 2 aliphatic heterocycles. The van der Waals surface area contributed by atoms with E-state index in [1.165, 1.54) is 15.9 Å². The third kappa shape index (κ3) is 8.31. The molecule has 0 radical (unpaired) electrons. The van der Waals surface area contributed by atoms with Crippen LogP contribution in [0.4, 0.5) is 4.79 Å². The van der Waals surface area contributed by atoms with E-state index in [9.17, 15) is 34.2 Å². The normalized spacial score (nSPS) is 16.5. The van der Waals surface area contributed by atoms with Crippen LogP contribution in [0.5, 0.6) is 5.75 Å². The number of carboxylic acids is 1. The Morgan fingerprint density at radius 1 is 1.00 bits per heavy atom. The second-order valence-electron chi connectivity index (χ2n) is 10.4. The second kappa shape index (κ2) is 14.6. The number of nitrogens with zero attached hydrogens (tertiary/aromatic N) is 4. The van der Waals surface area contributed by atoms with Crippen LogP contribution in [-0.4, -0.2) is 124 Å². The van der Waals surface area contributed by atoms with Gasteiger partial charge in [-0.2, -0.15) is 0 Å². The van der Waals surface area contributed by atoms with E-state index >= 15 is 0 Å². The second-order valence-corrected chi connectivity index (χ2v) is 10.4. The first kappa shape index (κ1) is 31.5. The summed E-state index contributed by atoms with van der Waals surface area (Å²) in [5.41, 5.74) is 0.365. The highest BCUT2D eigenvalue weighted by atomic mass is 16.6. The summed E-state index contributed by atoms with van der Waals surface area (Å²) < 4.78 is 10.9. The quantitative estimate of drug-likeness (QED) is 0.355. The SMILES string of the molecule is CCOC(=O)N1CCN(C(=O)[C@H](CCC(=O)O)NC(=O)c2cc(OCC(=O)N3CCC(O)CC3)c3ccccc3n2)CC1. The van der Waals surface area contributed by atoms with Gasteiger partial charge in [-0.05, 0) is 38.3 Å². The summed E-state index contributed by atoms with van der Waals surface area (Å²) in [5.74, 6) is -2.29. The molecule has 4 amide bonds. The maximum Gasteiger partial charge on any atom is 0.409 e. The van der Waals surface area contributed by atoms with Crippen LogP contribution in [0, 0.1) is 0 Å². The van der Waals surface area contributed by atoms with Crippen LogP contribution in [0.25, 0.3) is 10.9 Å². The van der Waals surface area contributed by atoms with E-state index in [-0.39, 0.29) is 69.6 Å². The van der Waals surface area contributed by atoms with Crippen LogP contribution in [0.15, 0.2) is 30.3 Å². The highest BCUT2D eigenvalue weighted by Crippen LogP contribution is 2.26. The van der Waals surface area contributed by atoms with Gasteiger partial charge in [0.2, 0.25) is 5.91 Å². The van der Waals surface area contributed by atoms with Crippen LogP contribution < -0.4 is 10.1 Å². The molecular formula is C29H37N5O9. The summed E-state index contributed by atoms with van der Waals surface area (Å²) >= 11 is 0. The Morgan fingerprint density at radius 3 is 2.35 bits per heavy atom. The van der Waals surface area contributed by atoms with Gasteiger partial charge in [0.05, 0.1) is 18.2 Å². The number of likely N-dealkylation sites (tertiary alicyclic amines) is 1. The van der Waals surface area contributed by atoms with Crippen molar-refractivity contribution < 1.29 is 43.7 Å². The third-order valence-electron chi connectivity index (χ3n) is 7.45. The van der Waals surface area contributed by atoms with E-state index in [1.807, 2.05) is 0 Å². The summed E-state index contributed by atoms with van der Waals surface area (Å²) in [7, 11) is 0. The van der Waals surface area contributed by atoms with Crippen molar-refractivity contribution in [3.8, 4) is 5.75 Å². The number of fused-ring (bicyclic) bond motifs is 1. The summed E-state index contributed by atoms with van der Waals surface area (Å²) in [6.07, 6.45) is -0.394. The van der Waals surface area contributed by atoms with Crippen molar-refractivity contribution in [2.24, 2.45) is 0 Å². The molecule has 1 aromatic carbocycles. The molecule has 1 atom stereocenters. The Bertz CT molecular complexity index is 1340. The Labute approximate surface area is 248 Å². The van der Waals surface area contributed by atoms with Gasteiger partial charge in [0.25, 0.3) is 11.8 Å². The van der Waals surface area contributed by atoms with Crippen molar-refractivity contribution in [3.63, 3.8) is 0 Å². The maximum atomic E-state index is 13.4. The zero-order chi connectivity index (χ0) is 30.9. The minimum atomic E-state index is -1.15. The average Bonchev–Trinajstić information content (AvgIpc) is 3.01. The molecule has 14 nitrogen and oxygen atoms in total. The number of aliphatic carboxylic acids is 1. The molecule has 2 aliphatic rings. The monoisotopic (exact) mass is 599 g/mol. The summed E-state index contributed by atoms with van der Waals surface area (Å²) in [4.78, 5) is 71.8. The Kier molecular flexibility index (Phi) is 10.7. The van der Waals surface area contributed by atoms with E-state index < -0.39 is 36.0 Å². The molecule has 0 unspecified atom stereocenters. The zero-order valence-corrected chi connectivity index (χ0v) is 24.1. The number of carboxylic acid groups (broad SMARTS) is 1. The number of benzene rings is 1. The minimum Gasteiger partial charge on any atom is -0.483 e. The Morgan fingerprint density at radius 2 is 1.67 bits per heavy atom. The first-order valence-corrected chi connectivity index (χ1v) is 14.4. The molecule has 3 N–H and O–H groups in total. The lowest BCUT2D eigenvalue weighted by atomic mass is 10.1. The number of hydrogen-bond donors (Lipinski definition) is 3. The number of piperazine rings is 1. The Hall–Kier alpha value is -4.46. The van der Waals surface area contributed by atoms with Crippen LogP contribution in [0.3, 0.4) is 0 Å². The lowest BCUT2D eigenvalue weighted by Crippen LogP contribution is -2.56. The largest absolute Gasteiger partial charge is 0.483 e. The highest BCUT2D eigenvalue weighted by Gasteiger charge is 2.31. The predicted octanol–water partition coefficient (Wildman–Crippen LogP) is 0.861. The third-order valence-corrected chi connectivity index (χ3v) is 7.45. The molecule has 0 bridgehead atoms. The molecule has 2 aromatic rings. The molecule has 0 aliphatic carbocycles. The van der Waals surface area contributed by atoms with Gasteiger partial charge in [-0.1, -0.05) is 12.1 Å². The van der Waals surface area contributed by atoms with Crippen molar-refractivity contribution >= 4 is 40.7 Å². The number of carbonyl (C=O) groups excluding carboxylic acids is 4. The van der Waals surface area contributed by atoms with E-state index in [4.69, 9.17) is 9.47 Å². The van der Waals surface area contributed by atoms with E-state index in [2.05, 4.69) is 10.3 Å². The number of nitrogens with one attached hydrogen (secondary N) is 1. The van der Waals surface area contributed by atoms with E-state index in [1.54, 1.807) is 36.1 Å². The zero-order valence-electron chi connectivity index (χ0n) is 24.1. The number of rotatable bonds is 10. The van der Waals surface area contributed by atoms with E-state index in [0.717, 1.165) is 0 Å². The number of aromatic nitrogens is 1. The number of ether oxygens (including phenoxy) is 2. The number of hydrogen-bond acceptors (Lipinski definition) is 9. The molecule has 0 saturated carbocycles. The fourth-order valence-corrected chi connectivity index (χ4v) is 5.03. The molecule has 4 rings (SSSR count). The summed E-state index contributed by atoms with van der Waals surface area (Å²) in [5, 5.41) is 22.2. The number of para-hydroxylation sites is 1. The standard InChI is InChI=1S/C29H37N5O9/c1-2-42-29(41)34-15-13-33(14-16-34)28(40)22(7-8-26(37)38)31-27(39)23-17-24(20-5-3-4-6-21(20)30-23)43-18-25(36)32-11-9-19(35)10-12-32/h3-6,17,19,22,35H,2,7-16,18H2,1H3,(H,31,39)(H,37,38)/t22-/m0/s1. The number of pyridine rings is 1. The molecule has 43 heavy (non-hydrogen) atoms. The van der Waals surface area contributed by atoms with Crippen molar-refractivity contribution in [2.75, 3.05) is 52.5 Å². The smallest absolute Gasteiger partial charge is 0.409 e. The number of aliphatic hydroxyl groups is 1. The van der Waals surface area contributed by atoms with Crippen molar-refractivity contribution in [1.82, 2.24) is 25.0 Å². The van der Waals surface area contributed by atoms with Crippen molar-refractivity contribution in [3.05, 3.63) is 36.0 Å². The predicted molar refractivity (Wildman–Crippen MR) is 152 cm³/mol. The molecule has 1 aromatic heterocycles.